The third-order valence-corrected chi connectivity index (χ3v) is 2.53. The number of hydrogen-bond donors (Lipinski definition) is 0. The largest absolute Gasteiger partial charge is 0.460 e. The lowest BCUT2D eigenvalue weighted by atomic mass is 10.1. The first-order chi connectivity index (χ1) is 9.99. The van der Waals surface area contributed by atoms with Gasteiger partial charge in [-0.05, 0) is 45.4 Å². The van der Waals surface area contributed by atoms with E-state index in [0.717, 1.165) is 6.92 Å². The third kappa shape index (κ3) is 5.16. The second-order valence-corrected chi connectivity index (χ2v) is 5.87. The molecule has 0 bridgehead atoms. The number of benzene rings is 1. The molecule has 0 amide bonds. The van der Waals surface area contributed by atoms with Gasteiger partial charge in [0.15, 0.2) is 0 Å². The summed E-state index contributed by atoms with van der Waals surface area (Å²) < 4.78 is 10.1. The summed E-state index contributed by atoms with van der Waals surface area (Å²) in [7, 11) is 0. The summed E-state index contributed by atoms with van der Waals surface area (Å²) >= 11 is 0. The number of nitro groups is 1. The molecule has 0 N–H and O–H groups in total. The Hall–Kier alpha value is -2.44. The normalized spacial score (nSPS) is 11.0. The highest BCUT2D eigenvalue weighted by Gasteiger charge is 2.23. The number of ether oxygens (including phenoxy) is 2. The molecule has 0 aliphatic heterocycles. The number of nitro benzene ring substituents is 1. The van der Waals surface area contributed by atoms with Gasteiger partial charge in [-0.15, -0.1) is 0 Å². The number of rotatable bonds is 4. The topological polar surface area (TPSA) is 95.7 Å². The van der Waals surface area contributed by atoms with Crippen LogP contribution in [0.3, 0.4) is 0 Å². The smallest absolute Gasteiger partial charge is 0.314 e. The molecule has 0 heterocycles. The Kier molecular flexibility index (Phi) is 5.24. The van der Waals surface area contributed by atoms with Gasteiger partial charge in [0.25, 0.3) is 0 Å². The van der Waals surface area contributed by atoms with E-state index in [1.807, 2.05) is 0 Å². The van der Waals surface area contributed by atoms with Crippen LogP contribution in [-0.2, 0) is 20.7 Å². The van der Waals surface area contributed by atoms with Gasteiger partial charge >= 0.3 is 17.6 Å². The quantitative estimate of drug-likeness (QED) is 0.367. The van der Waals surface area contributed by atoms with Crippen LogP contribution in [0.5, 0.6) is 5.75 Å². The van der Waals surface area contributed by atoms with Gasteiger partial charge < -0.3 is 9.47 Å². The van der Waals surface area contributed by atoms with Gasteiger partial charge in [-0.1, -0.05) is 0 Å². The second kappa shape index (κ2) is 6.55. The molecule has 0 saturated carbocycles. The summed E-state index contributed by atoms with van der Waals surface area (Å²) in [6.45, 7) is 7.91. The second-order valence-electron chi connectivity index (χ2n) is 5.87. The summed E-state index contributed by atoms with van der Waals surface area (Å²) in [5, 5.41) is 11.1. The molecular formula is C15H19NO6. The monoisotopic (exact) mass is 309 g/mol. The van der Waals surface area contributed by atoms with E-state index in [2.05, 4.69) is 0 Å². The Morgan fingerprint density at radius 2 is 1.86 bits per heavy atom. The van der Waals surface area contributed by atoms with Crippen molar-refractivity contribution in [3.05, 3.63) is 33.4 Å². The molecule has 120 valence electrons. The molecule has 7 nitrogen and oxygen atoms in total. The summed E-state index contributed by atoms with van der Waals surface area (Å²) in [5.41, 5.74) is -0.120. The van der Waals surface area contributed by atoms with Crippen molar-refractivity contribution in [2.24, 2.45) is 0 Å². The molecule has 0 unspecified atom stereocenters. The van der Waals surface area contributed by atoms with Crippen LogP contribution in [0.2, 0.25) is 0 Å². The molecule has 0 atom stereocenters. The van der Waals surface area contributed by atoms with Crippen molar-refractivity contribution in [1.29, 1.82) is 0 Å². The minimum atomic E-state index is -0.670. The van der Waals surface area contributed by atoms with Crippen molar-refractivity contribution in [2.45, 2.75) is 46.6 Å². The molecule has 0 radical (unpaired) electrons. The number of carbonyl (C=O) groups excluding carboxylic acids is 2. The molecule has 0 aliphatic carbocycles. The predicted octanol–water partition coefficient (Wildman–Crippen LogP) is 2.71. The fourth-order valence-corrected chi connectivity index (χ4v) is 1.93. The van der Waals surface area contributed by atoms with Crippen molar-refractivity contribution < 1.29 is 24.0 Å². The fourth-order valence-electron chi connectivity index (χ4n) is 1.93. The highest BCUT2D eigenvalue weighted by atomic mass is 16.6. The van der Waals surface area contributed by atoms with E-state index in [1.54, 1.807) is 20.8 Å². The zero-order valence-corrected chi connectivity index (χ0v) is 13.3. The molecular weight excluding hydrogens is 290 g/mol. The third-order valence-electron chi connectivity index (χ3n) is 2.53. The van der Waals surface area contributed by atoms with Crippen LogP contribution in [0.4, 0.5) is 5.69 Å². The van der Waals surface area contributed by atoms with Crippen molar-refractivity contribution in [1.82, 2.24) is 0 Å². The molecule has 1 rings (SSSR count). The van der Waals surface area contributed by atoms with Crippen LogP contribution in [-0.4, -0.2) is 22.5 Å². The Bertz CT molecular complexity index is 615. The highest BCUT2D eigenvalue weighted by Crippen LogP contribution is 2.32. The molecule has 0 spiro atoms. The molecule has 1 aromatic rings. The number of esters is 2. The van der Waals surface area contributed by atoms with Crippen molar-refractivity contribution in [3.8, 4) is 5.75 Å². The van der Waals surface area contributed by atoms with Crippen LogP contribution in [0, 0.1) is 17.0 Å². The van der Waals surface area contributed by atoms with Gasteiger partial charge in [0.05, 0.1) is 11.3 Å². The van der Waals surface area contributed by atoms with E-state index < -0.39 is 22.5 Å². The van der Waals surface area contributed by atoms with Gasteiger partial charge in [-0.25, -0.2) is 0 Å². The molecule has 0 fully saturated rings. The van der Waals surface area contributed by atoms with Gasteiger partial charge in [0.2, 0.25) is 5.75 Å². The van der Waals surface area contributed by atoms with E-state index in [-0.39, 0.29) is 17.9 Å². The maximum atomic E-state index is 11.8. The van der Waals surface area contributed by atoms with Crippen molar-refractivity contribution >= 4 is 17.6 Å². The van der Waals surface area contributed by atoms with Crippen molar-refractivity contribution in [3.63, 3.8) is 0 Å². The predicted molar refractivity (Wildman–Crippen MR) is 78.7 cm³/mol. The molecule has 0 aliphatic rings. The van der Waals surface area contributed by atoms with Gasteiger partial charge in [0.1, 0.15) is 5.60 Å². The van der Waals surface area contributed by atoms with Crippen LogP contribution < -0.4 is 4.74 Å². The maximum Gasteiger partial charge on any atom is 0.314 e. The Labute approximate surface area is 128 Å². The van der Waals surface area contributed by atoms with E-state index in [4.69, 9.17) is 9.47 Å². The standard InChI is InChI=1S/C15H19NO6/c1-9-6-11(8-13(18)22-15(3,4)5)7-12(21-10(2)17)14(9)16(19)20/h6-7H,8H2,1-5H3. The highest BCUT2D eigenvalue weighted by molar-refractivity contribution is 5.75. The van der Waals surface area contributed by atoms with E-state index in [1.165, 1.54) is 19.1 Å². The average molecular weight is 309 g/mol. The minimum absolute atomic E-state index is 0.0651. The first kappa shape index (κ1) is 17.6. The Morgan fingerprint density at radius 3 is 2.32 bits per heavy atom. The van der Waals surface area contributed by atoms with Gasteiger partial charge in [0, 0.05) is 12.5 Å². The first-order valence-electron chi connectivity index (χ1n) is 6.68. The number of hydrogen-bond acceptors (Lipinski definition) is 6. The Morgan fingerprint density at radius 1 is 1.27 bits per heavy atom. The van der Waals surface area contributed by atoms with Crippen LogP contribution in [0.15, 0.2) is 12.1 Å². The lowest BCUT2D eigenvalue weighted by Gasteiger charge is -2.19. The van der Waals surface area contributed by atoms with Crippen molar-refractivity contribution in [2.75, 3.05) is 0 Å². The molecule has 1 aromatic carbocycles. The summed E-state index contributed by atoms with van der Waals surface area (Å²) in [5.74, 6) is -1.30. The Balaban J connectivity index is 3.12. The zero-order chi connectivity index (χ0) is 17.1. The maximum absolute atomic E-state index is 11.8. The van der Waals surface area contributed by atoms with Crippen LogP contribution in [0.25, 0.3) is 0 Å². The summed E-state index contributed by atoms with van der Waals surface area (Å²) in [6, 6.07) is 2.82. The molecule has 22 heavy (non-hydrogen) atoms. The van der Waals surface area contributed by atoms with E-state index >= 15 is 0 Å². The average Bonchev–Trinajstić information content (AvgIpc) is 2.22. The minimum Gasteiger partial charge on any atom is -0.460 e. The van der Waals surface area contributed by atoms with E-state index in [0.29, 0.717) is 11.1 Å². The lowest BCUT2D eigenvalue weighted by Crippen LogP contribution is -2.25. The fraction of sp³-hybridized carbons (Fsp3) is 0.467. The van der Waals surface area contributed by atoms with Crippen LogP contribution in [0.1, 0.15) is 38.8 Å². The molecule has 7 heteroatoms. The zero-order valence-electron chi connectivity index (χ0n) is 13.3. The van der Waals surface area contributed by atoms with Gasteiger partial charge in [-0.2, -0.15) is 0 Å². The number of nitrogens with zero attached hydrogens (tertiary/aromatic N) is 1. The van der Waals surface area contributed by atoms with Gasteiger partial charge in [-0.3, -0.25) is 19.7 Å². The number of carbonyl (C=O) groups is 2. The number of aryl methyl sites for hydroxylation is 1. The first-order valence-corrected chi connectivity index (χ1v) is 6.68. The summed E-state index contributed by atoms with van der Waals surface area (Å²) in [4.78, 5) is 33.4. The molecule has 0 aromatic heterocycles. The SMILES string of the molecule is CC(=O)Oc1cc(CC(=O)OC(C)(C)C)cc(C)c1[N+](=O)[O-]. The van der Waals surface area contributed by atoms with Crippen LogP contribution >= 0.6 is 0 Å². The lowest BCUT2D eigenvalue weighted by molar-refractivity contribution is -0.386. The van der Waals surface area contributed by atoms with E-state index in [9.17, 15) is 19.7 Å². The summed E-state index contributed by atoms with van der Waals surface area (Å²) in [6.07, 6.45) is -0.0651. The molecule has 0 saturated heterocycles.